The third kappa shape index (κ3) is 4.58. The standard InChI is InChI=1S/C21H24N8O2/c1-2-14(26-21-18-20(23-11-22-18)24-12-25-21)19-27-15-8-4-3-7-13(15)16(28-19)9-5-6-10-17(30)29-31/h3-4,7-8,11-12,14,31H,2,5-6,9-10H2,1H3,(H,29,30)(H2,22,23,24,25,26)/t14-/m0/s1. The van der Waals surface area contributed by atoms with Crippen LogP contribution in [0.1, 0.15) is 50.2 Å². The number of hydrogen-bond acceptors (Lipinski definition) is 8. The molecule has 160 valence electrons. The summed E-state index contributed by atoms with van der Waals surface area (Å²) in [5.74, 6) is 0.969. The van der Waals surface area contributed by atoms with Gasteiger partial charge in [-0.05, 0) is 31.7 Å². The van der Waals surface area contributed by atoms with Crippen molar-refractivity contribution in [2.45, 2.75) is 45.1 Å². The molecule has 1 atom stereocenters. The molecule has 0 bridgehead atoms. The van der Waals surface area contributed by atoms with E-state index in [9.17, 15) is 4.79 Å². The number of hydrogen-bond donors (Lipinski definition) is 4. The van der Waals surface area contributed by atoms with Gasteiger partial charge in [0.2, 0.25) is 5.91 Å². The predicted molar refractivity (Wildman–Crippen MR) is 115 cm³/mol. The van der Waals surface area contributed by atoms with Crippen molar-refractivity contribution in [2.75, 3.05) is 5.32 Å². The van der Waals surface area contributed by atoms with Gasteiger partial charge in [-0.25, -0.2) is 30.4 Å². The Labute approximate surface area is 178 Å². The van der Waals surface area contributed by atoms with Crippen LogP contribution in [0.2, 0.25) is 0 Å². The lowest BCUT2D eigenvalue weighted by Crippen LogP contribution is -2.18. The molecule has 0 fully saturated rings. The second kappa shape index (κ2) is 9.43. The number of benzene rings is 1. The fourth-order valence-electron chi connectivity index (χ4n) is 3.53. The summed E-state index contributed by atoms with van der Waals surface area (Å²) in [5.41, 5.74) is 4.83. The summed E-state index contributed by atoms with van der Waals surface area (Å²) in [7, 11) is 0. The van der Waals surface area contributed by atoms with E-state index in [-0.39, 0.29) is 18.4 Å². The van der Waals surface area contributed by atoms with Crippen molar-refractivity contribution in [3.05, 3.63) is 48.4 Å². The minimum atomic E-state index is -0.376. The van der Waals surface area contributed by atoms with Gasteiger partial charge in [0.1, 0.15) is 11.8 Å². The number of amides is 1. The number of aryl methyl sites for hydroxylation is 1. The number of hydroxylamine groups is 1. The van der Waals surface area contributed by atoms with Gasteiger partial charge in [-0.2, -0.15) is 0 Å². The molecule has 0 aliphatic rings. The molecule has 0 unspecified atom stereocenters. The normalized spacial score (nSPS) is 12.2. The Morgan fingerprint density at radius 3 is 2.87 bits per heavy atom. The van der Waals surface area contributed by atoms with Crippen molar-refractivity contribution in [1.29, 1.82) is 0 Å². The lowest BCUT2D eigenvalue weighted by molar-refractivity contribution is -0.129. The maximum atomic E-state index is 11.3. The van der Waals surface area contributed by atoms with Crippen molar-refractivity contribution in [1.82, 2.24) is 35.4 Å². The molecule has 4 aromatic rings. The first kappa shape index (κ1) is 20.6. The number of carbonyl (C=O) groups excluding carboxylic acids is 1. The summed E-state index contributed by atoms with van der Waals surface area (Å²) in [6.45, 7) is 2.06. The van der Waals surface area contributed by atoms with Crippen LogP contribution in [0.5, 0.6) is 0 Å². The van der Waals surface area contributed by atoms with Crippen LogP contribution >= 0.6 is 0 Å². The van der Waals surface area contributed by atoms with E-state index in [1.54, 1.807) is 11.8 Å². The van der Waals surface area contributed by atoms with Gasteiger partial charge in [0.25, 0.3) is 0 Å². The number of rotatable bonds is 9. The van der Waals surface area contributed by atoms with E-state index in [4.69, 9.17) is 15.2 Å². The van der Waals surface area contributed by atoms with Gasteiger partial charge >= 0.3 is 0 Å². The monoisotopic (exact) mass is 420 g/mol. The van der Waals surface area contributed by atoms with Crippen molar-refractivity contribution >= 4 is 33.8 Å². The molecule has 0 aliphatic carbocycles. The van der Waals surface area contributed by atoms with Crippen molar-refractivity contribution in [2.24, 2.45) is 0 Å². The van der Waals surface area contributed by atoms with Crippen LogP contribution in [-0.4, -0.2) is 41.0 Å². The summed E-state index contributed by atoms with van der Waals surface area (Å²) in [4.78, 5) is 36.7. The molecule has 4 rings (SSSR count). The smallest absolute Gasteiger partial charge is 0.243 e. The van der Waals surface area contributed by atoms with Gasteiger partial charge in [0, 0.05) is 11.8 Å². The molecule has 0 saturated carbocycles. The second-order valence-electron chi connectivity index (χ2n) is 7.22. The van der Waals surface area contributed by atoms with Gasteiger partial charge in [-0.15, -0.1) is 0 Å². The average molecular weight is 420 g/mol. The fraction of sp³-hybridized carbons (Fsp3) is 0.333. The highest BCUT2D eigenvalue weighted by Gasteiger charge is 2.18. The number of fused-ring (bicyclic) bond motifs is 2. The maximum absolute atomic E-state index is 11.3. The van der Waals surface area contributed by atoms with Crippen LogP contribution in [-0.2, 0) is 11.2 Å². The maximum Gasteiger partial charge on any atom is 0.243 e. The number of nitrogens with one attached hydrogen (secondary N) is 3. The van der Waals surface area contributed by atoms with Gasteiger partial charge < -0.3 is 10.3 Å². The summed E-state index contributed by atoms with van der Waals surface area (Å²) < 4.78 is 0. The largest absolute Gasteiger partial charge is 0.358 e. The Hall–Kier alpha value is -3.66. The molecule has 4 N–H and O–H groups in total. The van der Waals surface area contributed by atoms with E-state index in [0.29, 0.717) is 30.1 Å². The highest BCUT2D eigenvalue weighted by atomic mass is 16.5. The van der Waals surface area contributed by atoms with Crippen molar-refractivity contribution in [3.63, 3.8) is 0 Å². The molecule has 0 aliphatic heterocycles. The summed E-state index contributed by atoms with van der Waals surface area (Å²) in [5, 5.41) is 13.1. The minimum Gasteiger partial charge on any atom is -0.358 e. The van der Waals surface area contributed by atoms with E-state index in [0.717, 1.165) is 35.0 Å². The Kier molecular flexibility index (Phi) is 6.27. The first-order valence-electron chi connectivity index (χ1n) is 10.3. The van der Waals surface area contributed by atoms with E-state index in [1.165, 1.54) is 6.33 Å². The summed E-state index contributed by atoms with van der Waals surface area (Å²) in [6, 6.07) is 7.78. The molecule has 0 saturated heterocycles. The topological polar surface area (TPSA) is 142 Å². The highest BCUT2D eigenvalue weighted by Crippen LogP contribution is 2.26. The fourth-order valence-corrected chi connectivity index (χ4v) is 3.53. The lowest BCUT2D eigenvalue weighted by atomic mass is 10.1. The Morgan fingerprint density at radius 1 is 1.16 bits per heavy atom. The number of aromatic amines is 1. The number of anilines is 1. The number of aromatic nitrogens is 6. The van der Waals surface area contributed by atoms with E-state index in [1.807, 2.05) is 24.3 Å². The van der Waals surface area contributed by atoms with Crippen LogP contribution in [0.3, 0.4) is 0 Å². The highest BCUT2D eigenvalue weighted by molar-refractivity contribution is 5.83. The third-order valence-electron chi connectivity index (χ3n) is 5.15. The summed E-state index contributed by atoms with van der Waals surface area (Å²) in [6.07, 6.45) is 6.25. The molecule has 31 heavy (non-hydrogen) atoms. The van der Waals surface area contributed by atoms with Crippen LogP contribution in [0.25, 0.3) is 22.1 Å². The molecule has 1 amide bonds. The molecule has 1 aromatic carbocycles. The Bertz CT molecular complexity index is 1190. The first-order chi connectivity index (χ1) is 15.2. The predicted octanol–water partition coefficient (Wildman–Crippen LogP) is 3.08. The van der Waals surface area contributed by atoms with E-state index in [2.05, 4.69) is 32.2 Å². The molecule has 3 aromatic heterocycles. The number of imidazole rings is 1. The molecule has 0 spiro atoms. The van der Waals surface area contributed by atoms with Gasteiger partial charge in [0.05, 0.1) is 23.6 Å². The average Bonchev–Trinajstić information content (AvgIpc) is 3.29. The molecule has 10 nitrogen and oxygen atoms in total. The number of carbonyl (C=O) groups is 1. The second-order valence-corrected chi connectivity index (χ2v) is 7.22. The van der Waals surface area contributed by atoms with Gasteiger partial charge in [0.15, 0.2) is 17.3 Å². The third-order valence-corrected chi connectivity index (χ3v) is 5.15. The Balaban J connectivity index is 1.61. The van der Waals surface area contributed by atoms with Crippen LogP contribution in [0.4, 0.5) is 5.82 Å². The number of nitrogens with zero attached hydrogens (tertiary/aromatic N) is 5. The number of unbranched alkanes of at least 4 members (excludes halogenated alkanes) is 1. The minimum absolute atomic E-state index is 0.148. The molecular weight excluding hydrogens is 396 g/mol. The molecule has 10 heteroatoms. The zero-order valence-corrected chi connectivity index (χ0v) is 17.2. The lowest BCUT2D eigenvalue weighted by Gasteiger charge is -2.18. The summed E-state index contributed by atoms with van der Waals surface area (Å²) >= 11 is 0. The molecular formula is C21H24N8O2. The quantitative estimate of drug-likeness (QED) is 0.184. The van der Waals surface area contributed by atoms with Gasteiger partial charge in [-0.1, -0.05) is 25.1 Å². The van der Waals surface area contributed by atoms with E-state index < -0.39 is 0 Å². The zero-order chi connectivity index (χ0) is 21.6. The first-order valence-corrected chi connectivity index (χ1v) is 10.3. The number of H-pyrrole nitrogens is 1. The van der Waals surface area contributed by atoms with Gasteiger partial charge in [-0.3, -0.25) is 10.0 Å². The van der Waals surface area contributed by atoms with Crippen LogP contribution in [0, 0.1) is 0 Å². The van der Waals surface area contributed by atoms with Crippen molar-refractivity contribution < 1.29 is 10.0 Å². The van der Waals surface area contributed by atoms with Crippen molar-refractivity contribution in [3.8, 4) is 0 Å². The van der Waals surface area contributed by atoms with Crippen LogP contribution in [0.15, 0.2) is 36.9 Å². The van der Waals surface area contributed by atoms with E-state index >= 15 is 0 Å². The SMILES string of the molecule is CC[C@H](Nc1ncnc2nc[nH]c12)c1nc(CCCCC(=O)NO)c2ccccc2n1. The zero-order valence-electron chi connectivity index (χ0n) is 17.2. The van der Waals surface area contributed by atoms with Crippen LogP contribution < -0.4 is 10.8 Å². The number of para-hydroxylation sites is 1. The Morgan fingerprint density at radius 2 is 2.03 bits per heavy atom. The molecule has 3 heterocycles. The molecule has 0 radical (unpaired) electrons.